The Bertz CT molecular complexity index is 597. The Balaban J connectivity index is 0.00000225. The van der Waals surface area contributed by atoms with Gasteiger partial charge in [-0.1, -0.05) is 18.2 Å². The number of likely N-dealkylation sites (tertiary alicyclic amines) is 1. The van der Waals surface area contributed by atoms with Crippen LogP contribution in [0.4, 0.5) is 0 Å². The number of amides is 2. The van der Waals surface area contributed by atoms with Gasteiger partial charge in [0.15, 0.2) is 0 Å². The first-order valence-electron chi connectivity index (χ1n) is 8.61. The van der Waals surface area contributed by atoms with E-state index in [4.69, 9.17) is 4.74 Å². The predicted octanol–water partition coefficient (Wildman–Crippen LogP) is 1.13. The molecule has 2 saturated heterocycles. The van der Waals surface area contributed by atoms with Gasteiger partial charge in [0.1, 0.15) is 6.04 Å². The topological polar surface area (TPSA) is 70.7 Å². The summed E-state index contributed by atoms with van der Waals surface area (Å²) in [6, 6.07) is 7.49. The molecule has 2 aliphatic rings. The van der Waals surface area contributed by atoms with Crippen LogP contribution in [0.5, 0.6) is 0 Å². The van der Waals surface area contributed by atoms with Crippen molar-refractivity contribution in [3.05, 3.63) is 35.4 Å². The zero-order valence-electron chi connectivity index (χ0n) is 14.5. The average molecular weight is 368 g/mol. The Morgan fingerprint density at radius 3 is 2.60 bits per heavy atom. The molecule has 2 fully saturated rings. The Kier molecular flexibility index (Phi) is 7.23. The monoisotopic (exact) mass is 367 g/mol. The van der Waals surface area contributed by atoms with Gasteiger partial charge in [-0.2, -0.15) is 0 Å². The molecule has 0 bridgehead atoms. The molecule has 6 nitrogen and oxygen atoms in total. The SMILES string of the molecule is Cc1ccccc1C(=O)NC1CCN(C(=O)C2COCCN2)CC1.Cl. The standard InChI is InChI=1S/C18H25N3O3.ClH/c1-13-4-2-3-5-15(13)17(22)20-14-6-9-21(10-7-14)18(23)16-12-24-11-8-19-16;/h2-5,14,16,19H,6-12H2,1H3,(H,20,22);1H. The molecule has 2 amide bonds. The molecule has 1 aromatic rings. The van der Waals surface area contributed by atoms with Crippen molar-refractivity contribution >= 4 is 24.2 Å². The molecule has 138 valence electrons. The van der Waals surface area contributed by atoms with Crippen LogP contribution in [-0.4, -0.2) is 61.6 Å². The van der Waals surface area contributed by atoms with Crippen molar-refractivity contribution in [3.63, 3.8) is 0 Å². The molecule has 1 atom stereocenters. The Morgan fingerprint density at radius 1 is 1.24 bits per heavy atom. The summed E-state index contributed by atoms with van der Waals surface area (Å²) in [6.07, 6.45) is 1.58. The lowest BCUT2D eigenvalue weighted by molar-refractivity contribution is -0.137. The summed E-state index contributed by atoms with van der Waals surface area (Å²) in [5, 5.41) is 6.30. The number of rotatable bonds is 3. The number of piperidine rings is 1. The van der Waals surface area contributed by atoms with Crippen LogP contribution in [0.15, 0.2) is 24.3 Å². The smallest absolute Gasteiger partial charge is 0.251 e. The molecule has 2 N–H and O–H groups in total. The van der Waals surface area contributed by atoms with E-state index in [1.165, 1.54) is 0 Å². The van der Waals surface area contributed by atoms with Gasteiger partial charge in [-0.05, 0) is 31.4 Å². The highest BCUT2D eigenvalue weighted by molar-refractivity contribution is 5.95. The molecule has 2 heterocycles. The fraction of sp³-hybridized carbons (Fsp3) is 0.556. The zero-order valence-corrected chi connectivity index (χ0v) is 15.3. The Morgan fingerprint density at radius 2 is 1.96 bits per heavy atom. The van der Waals surface area contributed by atoms with Crippen molar-refractivity contribution in [1.82, 2.24) is 15.5 Å². The first-order chi connectivity index (χ1) is 11.6. The van der Waals surface area contributed by atoms with E-state index in [1.807, 2.05) is 36.1 Å². The number of ether oxygens (including phenoxy) is 1. The van der Waals surface area contributed by atoms with Crippen molar-refractivity contribution in [3.8, 4) is 0 Å². The molecule has 0 aromatic heterocycles. The summed E-state index contributed by atoms with van der Waals surface area (Å²) in [5.74, 6) is 0.0820. The van der Waals surface area contributed by atoms with Gasteiger partial charge in [-0.3, -0.25) is 9.59 Å². The second-order valence-corrected chi connectivity index (χ2v) is 6.47. The first-order valence-corrected chi connectivity index (χ1v) is 8.61. The summed E-state index contributed by atoms with van der Waals surface area (Å²) in [5.41, 5.74) is 1.70. The molecule has 2 aliphatic heterocycles. The molecule has 1 unspecified atom stereocenters. The van der Waals surface area contributed by atoms with Crippen LogP contribution < -0.4 is 10.6 Å². The maximum Gasteiger partial charge on any atom is 0.251 e. The lowest BCUT2D eigenvalue weighted by Crippen LogP contribution is -2.55. The fourth-order valence-electron chi connectivity index (χ4n) is 3.28. The Hall–Kier alpha value is -1.63. The molecule has 0 saturated carbocycles. The highest BCUT2D eigenvalue weighted by Crippen LogP contribution is 2.14. The van der Waals surface area contributed by atoms with Crippen LogP contribution in [0.1, 0.15) is 28.8 Å². The van der Waals surface area contributed by atoms with Crippen molar-refractivity contribution < 1.29 is 14.3 Å². The number of aryl methyl sites for hydroxylation is 1. The number of nitrogens with zero attached hydrogens (tertiary/aromatic N) is 1. The van der Waals surface area contributed by atoms with E-state index in [-0.39, 0.29) is 36.3 Å². The van der Waals surface area contributed by atoms with Crippen molar-refractivity contribution in [1.29, 1.82) is 0 Å². The number of benzene rings is 1. The van der Waals surface area contributed by atoms with Gasteiger partial charge in [0.05, 0.1) is 13.2 Å². The second kappa shape index (κ2) is 9.17. The van der Waals surface area contributed by atoms with Gasteiger partial charge < -0.3 is 20.3 Å². The summed E-state index contributed by atoms with van der Waals surface area (Å²) < 4.78 is 5.36. The van der Waals surface area contributed by atoms with Crippen LogP contribution in [-0.2, 0) is 9.53 Å². The third kappa shape index (κ3) is 4.93. The minimum Gasteiger partial charge on any atom is -0.378 e. The average Bonchev–Trinajstić information content (AvgIpc) is 2.63. The highest BCUT2D eigenvalue weighted by atomic mass is 35.5. The van der Waals surface area contributed by atoms with E-state index < -0.39 is 0 Å². The van der Waals surface area contributed by atoms with Crippen molar-refractivity contribution in [2.45, 2.75) is 31.8 Å². The normalized spacial score (nSPS) is 21.3. The van der Waals surface area contributed by atoms with Crippen LogP contribution in [0.2, 0.25) is 0 Å². The van der Waals surface area contributed by atoms with Crippen LogP contribution in [0, 0.1) is 6.92 Å². The van der Waals surface area contributed by atoms with Gasteiger partial charge in [0.25, 0.3) is 5.91 Å². The number of carbonyl (C=O) groups is 2. The molecule has 0 radical (unpaired) electrons. The van der Waals surface area contributed by atoms with E-state index in [0.717, 1.165) is 30.5 Å². The van der Waals surface area contributed by atoms with E-state index in [9.17, 15) is 9.59 Å². The molecule has 0 spiro atoms. The summed E-state index contributed by atoms with van der Waals surface area (Å²) >= 11 is 0. The van der Waals surface area contributed by atoms with Crippen LogP contribution >= 0.6 is 12.4 Å². The fourth-order valence-corrected chi connectivity index (χ4v) is 3.28. The number of hydrogen-bond donors (Lipinski definition) is 2. The minimum absolute atomic E-state index is 0. The number of nitrogens with one attached hydrogen (secondary N) is 2. The van der Waals surface area contributed by atoms with E-state index in [0.29, 0.717) is 26.3 Å². The number of morpholine rings is 1. The summed E-state index contributed by atoms with van der Waals surface area (Å²) in [4.78, 5) is 26.7. The molecule has 1 aromatic carbocycles. The van der Waals surface area contributed by atoms with Crippen molar-refractivity contribution in [2.75, 3.05) is 32.8 Å². The zero-order chi connectivity index (χ0) is 16.9. The van der Waals surface area contributed by atoms with E-state index in [1.54, 1.807) is 0 Å². The van der Waals surface area contributed by atoms with E-state index >= 15 is 0 Å². The van der Waals surface area contributed by atoms with Crippen LogP contribution in [0.3, 0.4) is 0 Å². The number of hydrogen-bond acceptors (Lipinski definition) is 4. The predicted molar refractivity (Wildman–Crippen MR) is 98.1 cm³/mol. The highest BCUT2D eigenvalue weighted by Gasteiger charge is 2.30. The molecule has 7 heteroatoms. The van der Waals surface area contributed by atoms with Crippen molar-refractivity contribution in [2.24, 2.45) is 0 Å². The van der Waals surface area contributed by atoms with Gasteiger partial charge in [-0.15, -0.1) is 12.4 Å². The Labute approximate surface area is 154 Å². The van der Waals surface area contributed by atoms with Gasteiger partial charge in [0.2, 0.25) is 5.91 Å². The summed E-state index contributed by atoms with van der Waals surface area (Å²) in [6.45, 7) is 5.12. The maximum atomic E-state index is 12.4. The van der Waals surface area contributed by atoms with Crippen LogP contribution in [0.25, 0.3) is 0 Å². The second-order valence-electron chi connectivity index (χ2n) is 6.47. The third-order valence-electron chi connectivity index (χ3n) is 4.75. The molecule has 25 heavy (non-hydrogen) atoms. The van der Waals surface area contributed by atoms with Gasteiger partial charge in [-0.25, -0.2) is 0 Å². The molecular weight excluding hydrogens is 342 g/mol. The largest absolute Gasteiger partial charge is 0.378 e. The number of halogens is 1. The first kappa shape index (κ1) is 19.7. The lowest BCUT2D eigenvalue weighted by Gasteiger charge is -2.35. The maximum absolute atomic E-state index is 12.4. The van der Waals surface area contributed by atoms with Gasteiger partial charge >= 0.3 is 0 Å². The quantitative estimate of drug-likeness (QED) is 0.840. The molecule has 0 aliphatic carbocycles. The molecular formula is C18H26ClN3O3. The summed E-state index contributed by atoms with van der Waals surface area (Å²) in [7, 11) is 0. The number of carbonyl (C=O) groups excluding carboxylic acids is 2. The lowest BCUT2D eigenvalue weighted by atomic mass is 10.0. The molecule has 3 rings (SSSR count). The van der Waals surface area contributed by atoms with E-state index in [2.05, 4.69) is 10.6 Å². The minimum atomic E-state index is -0.225. The van der Waals surface area contributed by atoms with Gasteiger partial charge in [0, 0.05) is 31.2 Å². The third-order valence-corrected chi connectivity index (χ3v) is 4.75.